The SMILES string of the molecule is O=C(NCCO)c1cc(Nc2nc(-c3ccccc3)nc3ccccc23)[nH]n1. The van der Waals surface area contributed by atoms with E-state index >= 15 is 0 Å². The van der Waals surface area contributed by atoms with E-state index in [0.717, 1.165) is 16.5 Å². The largest absolute Gasteiger partial charge is 0.395 e. The average molecular weight is 374 g/mol. The Bertz CT molecular complexity index is 1110. The Morgan fingerprint density at radius 2 is 1.82 bits per heavy atom. The first-order valence-corrected chi connectivity index (χ1v) is 8.78. The number of hydrogen-bond acceptors (Lipinski definition) is 6. The summed E-state index contributed by atoms with van der Waals surface area (Å²) < 4.78 is 0. The number of nitrogens with one attached hydrogen (secondary N) is 3. The van der Waals surface area contributed by atoms with Crippen LogP contribution in [0.25, 0.3) is 22.3 Å². The highest BCUT2D eigenvalue weighted by Crippen LogP contribution is 2.26. The summed E-state index contributed by atoms with van der Waals surface area (Å²) in [6.07, 6.45) is 0. The van der Waals surface area contributed by atoms with E-state index in [0.29, 0.717) is 17.5 Å². The molecule has 0 fully saturated rings. The lowest BCUT2D eigenvalue weighted by molar-refractivity contribution is 0.0940. The number of aliphatic hydroxyl groups is 1. The predicted molar refractivity (Wildman–Crippen MR) is 106 cm³/mol. The molecule has 0 aliphatic carbocycles. The van der Waals surface area contributed by atoms with Crippen molar-refractivity contribution in [1.29, 1.82) is 0 Å². The van der Waals surface area contributed by atoms with Gasteiger partial charge in [0.25, 0.3) is 5.91 Å². The smallest absolute Gasteiger partial charge is 0.271 e. The topological polar surface area (TPSA) is 116 Å². The zero-order valence-corrected chi connectivity index (χ0v) is 14.9. The molecule has 28 heavy (non-hydrogen) atoms. The standard InChI is InChI=1S/C20H18N6O2/c27-11-10-21-20(28)16-12-17(26-25-16)23-19-14-8-4-5-9-15(14)22-18(24-19)13-6-2-1-3-7-13/h1-9,12,27H,10-11H2,(H,21,28)(H2,22,23,24,25,26). The fraction of sp³-hybridized carbons (Fsp3) is 0.100. The average Bonchev–Trinajstić information content (AvgIpc) is 3.21. The summed E-state index contributed by atoms with van der Waals surface area (Å²) in [5, 5.41) is 22.2. The van der Waals surface area contributed by atoms with Crippen molar-refractivity contribution in [3.8, 4) is 11.4 Å². The van der Waals surface area contributed by atoms with Crippen LogP contribution >= 0.6 is 0 Å². The molecule has 8 nitrogen and oxygen atoms in total. The first kappa shape index (κ1) is 17.6. The van der Waals surface area contributed by atoms with Crippen LogP contribution in [0.3, 0.4) is 0 Å². The molecule has 8 heteroatoms. The number of fused-ring (bicyclic) bond motifs is 1. The van der Waals surface area contributed by atoms with E-state index in [-0.39, 0.29) is 24.8 Å². The fourth-order valence-electron chi connectivity index (χ4n) is 2.78. The van der Waals surface area contributed by atoms with Crippen LogP contribution in [0.4, 0.5) is 11.6 Å². The van der Waals surface area contributed by atoms with Crippen molar-refractivity contribution in [1.82, 2.24) is 25.5 Å². The molecule has 0 atom stereocenters. The number of nitrogens with zero attached hydrogens (tertiary/aromatic N) is 3. The number of carbonyl (C=O) groups excluding carboxylic acids is 1. The van der Waals surface area contributed by atoms with E-state index in [9.17, 15) is 4.79 Å². The zero-order chi connectivity index (χ0) is 19.3. The maximum absolute atomic E-state index is 12.0. The van der Waals surface area contributed by atoms with Gasteiger partial charge in [0.1, 0.15) is 11.6 Å². The number of carbonyl (C=O) groups is 1. The molecule has 0 bridgehead atoms. The first-order chi connectivity index (χ1) is 13.7. The molecule has 140 valence electrons. The molecule has 0 aliphatic heterocycles. The Morgan fingerprint density at radius 1 is 1.04 bits per heavy atom. The highest BCUT2D eigenvalue weighted by molar-refractivity contribution is 5.94. The minimum atomic E-state index is -0.365. The van der Waals surface area contributed by atoms with Gasteiger partial charge in [-0.05, 0) is 12.1 Å². The Morgan fingerprint density at radius 3 is 2.64 bits per heavy atom. The van der Waals surface area contributed by atoms with Crippen LogP contribution in [0.5, 0.6) is 0 Å². The van der Waals surface area contributed by atoms with E-state index < -0.39 is 0 Å². The first-order valence-electron chi connectivity index (χ1n) is 8.78. The van der Waals surface area contributed by atoms with Crippen molar-refractivity contribution in [2.75, 3.05) is 18.5 Å². The van der Waals surface area contributed by atoms with Crippen molar-refractivity contribution in [3.05, 3.63) is 66.4 Å². The molecule has 2 aromatic carbocycles. The van der Waals surface area contributed by atoms with Crippen LogP contribution in [0.15, 0.2) is 60.7 Å². The summed E-state index contributed by atoms with van der Waals surface area (Å²) in [6.45, 7) is 0.0435. The van der Waals surface area contributed by atoms with Crippen LogP contribution < -0.4 is 10.6 Å². The molecule has 2 heterocycles. The minimum absolute atomic E-state index is 0.129. The van der Waals surface area contributed by atoms with E-state index in [2.05, 4.69) is 30.8 Å². The molecule has 0 saturated carbocycles. The van der Waals surface area contributed by atoms with E-state index in [1.165, 1.54) is 0 Å². The predicted octanol–water partition coefficient (Wildman–Crippen LogP) is 2.49. The lowest BCUT2D eigenvalue weighted by Crippen LogP contribution is -2.26. The van der Waals surface area contributed by atoms with E-state index in [1.807, 2.05) is 54.6 Å². The van der Waals surface area contributed by atoms with Gasteiger partial charge in [0.15, 0.2) is 11.5 Å². The second-order valence-corrected chi connectivity index (χ2v) is 6.05. The number of H-pyrrole nitrogens is 1. The van der Waals surface area contributed by atoms with Gasteiger partial charge in [-0.25, -0.2) is 9.97 Å². The Kier molecular flexibility index (Phi) is 4.94. The van der Waals surface area contributed by atoms with Crippen LogP contribution in [-0.4, -0.2) is 44.3 Å². The number of para-hydroxylation sites is 1. The number of benzene rings is 2. The highest BCUT2D eigenvalue weighted by Gasteiger charge is 2.13. The molecule has 2 aromatic heterocycles. The number of amides is 1. The minimum Gasteiger partial charge on any atom is -0.395 e. The third-order valence-corrected chi connectivity index (χ3v) is 4.10. The third kappa shape index (κ3) is 3.67. The van der Waals surface area contributed by atoms with Gasteiger partial charge in [0, 0.05) is 23.6 Å². The molecule has 4 N–H and O–H groups in total. The van der Waals surface area contributed by atoms with Gasteiger partial charge in [0.2, 0.25) is 0 Å². The number of anilines is 2. The quantitative estimate of drug-likeness (QED) is 0.412. The summed E-state index contributed by atoms with van der Waals surface area (Å²) in [5.74, 6) is 1.37. The maximum Gasteiger partial charge on any atom is 0.271 e. The van der Waals surface area contributed by atoms with Gasteiger partial charge in [-0.15, -0.1) is 0 Å². The molecule has 0 aliphatic rings. The summed E-state index contributed by atoms with van der Waals surface area (Å²) >= 11 is 0. The fourth-order valence-corrected chi connectivity index (χ4v) is 2.78. The van der Waals surface area contributed by atoms with Crippen molar-refractivity contribution in [2.45, 2.75) is 0 Å². The molecular weight excluding hydrogens is 356 g/mol. The van der Waals surface area contributed by atoms with Gasteiger partial charge >= 0.3 is 0 Å². The molecule has 4 rings (SSSR count). The van der Waals surface area contributed by atoms with Gasteiger partial charge in [-0.1, -0.05) is 42.5 Å². The van der Waals surface area contributed by atoms with Crippen LogP contribution in [0.2, 0.25) is 0 Å². The molecule has 0 saturated heterocycles. The molecular formula is C20H18N6O2. The summed E-state index contributed by atoms with van der Waals surface area (Å²) in [7, 11) is 0. The van der Waals surface area contributed by atoms with E-state index in [1.54, 1.807) is 6.07 Å². The summed E-state index contributed by atoms with van der Waals surface area (Å²) in [6, 6.07) is 19.0. The summed E-state index contributed by atoms with van der Waals surface area (Å²) in [5.41, 5.74) is 1.93. The molecule has 0 unspecified atom stereocenters. The normalized spacial score (nSPS) is 10.8. The second kappa shape index (κ2) is 7.85. The molecule has 4 aromatic rings. The highest BCUT2D eigenvalue weighted by atomic mass is 16.3. The van der Waals surface area contributed by atoms with Crippen LogP contribution in [-0.2, 0) is 0 Å². The van der Waals surface area contributed by atoms with Gasteiger partial charge in [-0.3, -0.25) is 9.89 Å². The lowest BCUT2D eigenvalue weighted by Gasteiger charge is -2.09. The maximum atomic E-state index is 12.0. The number of rotatable bonds is 6. The molecule has 0 spiro atoms. The second-order valence-electron chi connectivity index (χ2n) is 6.05. The van der Waals surface area contributed by atoms with Crippen LogP contribution in [0.1, 0.15) is 10.5 Å². The third-order valence-electron chi connectivity index (χ3n) is 4.10. The summed E-state index contributed by atoms with van der Waals surface area (Å²) in [4.78, 5) is 21.3. The Hall–Kier alpha value is -3.78. The monoisotopic (exact) mass is 374 g/mol. The van der Waals surface area contributed by atoms with Crippen molar-refractivity contribution in [3.63, 3.8) is 0 Å². The van der Waals surface area contributed by atoms with Crippen molar-refractivity contribution in [2.24, 2.45) is 0 Å². The number of hydrogen-bond donors (Lipinski definition) is 4. The number of aliphatic hydroxyl groups excluding tert-OH is 1. The number of aromatic amines is 1. The van der Waals surface area contributed by atoms with Crippen molar-refractivity contribution >= 4 is 28.4 Å². The zero-order valence-electron chi connectivity index (χ0n) is 14.9. The Balaban J connectivity index is 1.68. The van der Waals surface area contributed by atoms with Gasteiger partial charge < -0.3 is 15.7 Å². The lowest BCUT2D eigenvalue weighted by atomic mass is 10.2. The van der Waals surface area contributed by atoms with Gasteiger partial charge in [-0.2, -0.15) is 5.10 Å². The van der Waals surface area contributed by atoms with Gasteiger partial charge in [0.05, 0.1) is 12.1 Å². The Labute approximate surface area is 160 Å². The van der Waals surface area contributed by atoms with Crippen molar-refractivity contribution < 1.29 is 9.90 Å². The van der Waals surface area contributed by atoms with Crippen LogP contribution in [0, 0.1) is 0 Å². The number of aromatic nitrogens is 4. The molecule has 1 amide bonds. The van der Waals surface area contributed by atoms with E-state index in [4.69, 9.17) is 5.11 Å². The molecule has 0 radical (unpaired) electrons.